The van der Waals surface area contributed by atoms with Gasteiger partial charge < -0.3 is 22.9 Å². The van der Waals surface area contributed by atoms with Crippen LogP contribution in [0.5, 0.6) is 0 Å². The average Bonchev–Trinajstić information content (AvgIpc) is 2.52. The second-order valence-electron chi connectivity index (χ2n) is 6.79. The van der Waals surface area contributed by atoms with Crippen molar-refractivity contribution in [3.05, 3.63) is 0 Å². The van der Waals surface area contributed by atoms with Crippen molar-refractivity contribution in [2.75, 3.05) is 13.1 Å². The quantitative estimate of drug-likeness (QED) is 0.236. The van der Waals surface area contributed by atoms with Gasteiger partial charge in [-0.15, -0.1) is 49.6 Å². The van der Waals surface area contributed by atoms with E-state index in [1.54, 1.807) is 0 Å². The lowest BCUT2D eigenvalue weighted by atomic mass is 10.0. The first-order valence-electron chi connectivity index (χ1n) is 9.62. The summed E-state index contributed by atoms with van der Waals surface area (Å²) in [4.78, 5) is 0. The molecular formula is C18H46Cl4N4. The highest BCUT2D eigenvalue weighted by Crippen LogP contribution is 2.13. The topological polar surface area (TPSA) is 104 Å². The van der Waals surface area contributed by atoms with E-state index in [0.29, 0.717) is 12.1 Å². The van der Waals surface area contributed by atoms with Gasteiger partial charge in [-0.05, 0) is 51.6 Å². The van der Waals surface area contributed by atoms with Crippen molar-refractivity contribution in [1.82, 2.24) is 0 Å². The maximum absolute atomic E-state index is 6.04. The van der Waals surface area contributed by atoms with Gasteiger partial charge in [0.05, 0.1) is 0 Å². The summed E-state index contributed by atoms with van der Waals surface area (Å²) < 4.78 is 0. The minimum absolute atomic E-state index is 0. The zero-order chi connectivity index (χ0) is 16.5. The van der Waals surface area contributed by atoms with Crippen molar-refractivity contribution in [3.63, 3.8) is 0 Å². The molecule has 0 aliphatic heterocycles. The fraction of sp³-hybridized carbons (Fsp3) is 1.00. The number of nitrogens with two attached hydrogens (primary N) is 4. The van der Waals surface area contributed by atoms with Gasteiger partial charge >= 0.3 is 0 Å². The summed E-state index contributed by atoms with van der Waals surface area (Å²) in [6, 6.07) is 0.735. The third kappa shape index (κ3) is 29.8. The Labute approximate surface area is 187 Å². The molecule has 0 radical (unpaired) electrons. The highest BCUT2D eigenvalue weighted by atomic mass is 35.5. The Kier molecular flexibility index (Phi) is 44.6. The van der Waals surface area contributed by atoms with Crippen LogP contribution in [0.3, 0.4) is 0 Å². The first kappa shape index (κ1) is 37.7. The Morgan fingerprint density at radius 2 is 0.615 bits per heavy atom. The Balaban J connectivity index is -0.000000367. The van der Waals surface area contributed by atoms with E-state index in [0.717, 1.165) is 38.8 Å². The number of hydrogen-bond donors (Lipinski definition) is 4. The van der Waals surface area contributed by atoms with Gasteiger partial charge in [0.25, 0.3) is 0 Å². The van der Waals surface area contributed by atoms with E-state index in [2.05, 4.69) is 0 Å². The third-order valence-electron chi connectivity index (χ3n) is 4.46. The van der Waals surface area contributed by atoms with Crippen LogP contribution in [0.1, 0.15) is 89.9 Å². The molecule has 0 spiro atoms. The molecule has 2 atom stereocenters. The van der Waals surface area contributed by atoms with Gasteiger partial charge in [-0.3, -0.25) is 0 Å². The van der Waals surface area contributed by atoms with Crippen LogP contribution in [0.15, 0.2) is 0 Å². The van der Waals surface area contributed by atoms with E-state index in [1.807, 2.05) is 0 Å². The molecule has 0 aromatic heterocycles. The fourth-order valence-corrected chi connectivity index (χ4v) is 2.92. The molecule has 0 bridgehead atoms. The lowest BCUT2D eigenvalue weighted by Gasteiger charge is -2.11. The van der Waals surface area contributed by atoms with Crippen molar-refractivity contribution in [2.45, 2.75) is 102 Å². The van der Waals surface area contributed by atoms with Crippen LogP contribution in [-0.2, 0) is 0 Å². The zero-order valence-corrected chi connectivity index (χ0v) is 19.7. The largest absolute Gasteiger partial charge is 0.330 e. The van der Waals surface area contributed by atoms with Crippen molar-refractivity contribution in [1.29, 1.82) is 0 Å². The van der Waals surface area contributed by atoms with Crippen LogP contribution in [-0.4, -0.2) is 25.2 Å². The minimum Gasteiger partial charge on any atom is -0.330 e. The Hall–Kier alpha value is 1.000. The van der Waals surface area contributed by atoms with E-state index < -0.39 is 0 Å². The lowest BCUT2D eigenvalue weighted by Crippen LogP contribution is -2.20. The molecule has 0 aliphatic carbocycles. The molecule has 0 amide bonds. The van der Waals surface area contributed by atoms with Gasteiger partial charge in [0.15, 0.2) is 0 Å². The molecule has 26 heavy (non-hydrogen) atoms. The van der Waals surface area contributed by atoms with E-state index in [4.69, 9.17) is 22.9 Å². The van der Waals surface area contributed by atoms with Crippen LogP contribution in [0, 0.1) is 0 Å². The SMILES string of the molecule is Cl.Cl.Cl.Cl.NCCCC(N)CCCCCCCCCCC(N)CCCN. The summed E-state index contributed by atoms with van der Waals surface area (Å²) in [5.74, 6) is 0. The first-order chi connectivity index (χ1) is 10.7. The van der Waals surface area contributed by atoms with E-state index in [1.165, 1.54) is 64.2 Å². The molecule has 0 aliphatic rings. The van der Waals surface area contributed by atoms with Gasteiger partial charge in [0.2, 0.25) is 0 Å². The predicted molar refractivity (Wildman–Crippen MR) is 128 cm³/mol. The van der Waals surface area contributed by atoms with Crippen molar-refractivity contribution >= 4 is 49.6 Å². The van der Waals surface area contributed by atoms with Crippen LogP contribution in [0.4, 0.5) is 0 Å². The molecule has 0 saturated heterocycles. The zero-order valence-electron chi connectivity index (χ0n) is 16.4. The van der Waals surface area contributed by atoms with Crippen molar-refractivity contribution in [2.24, 2.45) is 22.9 Å². The number of unbranched alkanes of at least 4 members (excludes halogenated alkanes) is 7. The van der Waals surface area contributed by atoms with E-state index in [-0.39, 0.29) is 49.6 Å². The molecule has 0 saturated carbocycles. The van der Waals surface area contributed by atoms with Gasteiger partial charge in [-0.1, -0.05) is 51.4 Å². The van der Waals surface area contributed by atoms with Gasteiger partial charge in [-0.25, -0.2) is 0 Å². The van der Waals surface area contributed by atoms with Gasteiger partial charge in [0, 0.05) is 12.1 Å². The standard InChI is InChI=1S/C18H42N4.4ClH/c19-15-9-13-17(21)11-7-5-3-1-2-4-6-8-12-18(22)14-10-16-20;;;;/h17-18H,1-16,19-22H2;4*1H. The molecule has 8 N–H and O–H groups in total. The molecule has 0 heterocycles. The van der Waals surface area contributed by atoms with Crippen LogP contribution < -0.4 is 22.9 Å². The van der Waals surface area contributed by atoms with Gasteiger partial charge in [0.1, 0.15) is 0 Å². The van der Waals surface area contributed by atoms with Crippen molar-refractivity contribution < 1.29 is 0 Å². The molecule has 166 valence electrons. The van der Waals surface area contributed by atoms with Crippen LogP contribution in [0.2, 0.25) is 0 Å². The molecule has 8 heteroatoms. The number of hydrogen-bond acceptors (Lipinski definition) is 4. The fourth-order valence-electron chi connectivity index (χ4n) is 2.92. The summed E-state index contributed by atoms with van der Waals surface area (Å²) in [6.45, 7) is 1.54. The second-order valence-corrected chi connectivity index (χ2v) is 6.79. The molecular weight excluding hydrogens is 414 g/mol. The predicted octanol–water partition coefficient (Wildman–Crippen LogP) is 4.71. The molecule has 4 nitrogen and oxygen atoms in total. The van der Waals surface area contributed by atoms with E-state index >= 15 is 0 Å². The molecule has 0 fully saturated rings. The maximum Gasteiger partial charge on any atom is 0.00392 e. The maximum atomic E-state index is 6.04. The normalized spacial score (nSPS) is 12.0. The average molecular weight is 460 g/mol. The monoisotopic (exact) mass is 458 g/mol. The highest BCUT2D eigenvalue weighted by molar-refractivity contribution is 5.86. The Bertz CT molecular complexity index is 205. The molecule has 0 aromatic rings. The number of halogens is 4. The lowest BCUT2D eigenvalue weighted by molar-refractivity contribution is 0.486. The first-order valence-corrected chi connectivity index (χ1v) is 9.62. The Morgan fingerprint density at radius 1 is 0.385 bits per heavy atom. The summed E-state index contributed by atoms with van der Waals surface area (Å²) in [6.07, 6.45) is 17.3. The van der Waals surface area contributed by atoms with Gasteiger partial charge in [-0.2, -0.15) is 0 Å². The number of rotatable bonds is 17. The molecule has 2 unspecified atom stereocenters. The third-order valence-corrected chi connectivity index (χ3v) is 4.46. The summed E-state index contributed by atoms with van der Waals surface area (Å²) in [5.41, 5.74) is 23.1. The Morgan fingerprint density at radius 3 is 0.885 bits per heavy atom. The second kappa shape index (κ2) is 30.7. The van der Waals surface area contributed by atoms with Crippen LogP contribution >= 0.6 is 49.6 Å². The van der Waals surface area contributed by atoms with Crippen molar-refractivity contribution in [3.8, 4) is 0 Å². The molecule has 0 aromatic carbocycles. The van der Waals surface area contributed by atoms with Crippen LogP contribution in [0.25, 0.3) is 0 Å². The molecule has 0 rings (SSSR count). The van der Waals surface area contributed by atoms with E-state index in [9.17, 15) is 0 Å². The summed E-state index contributed by atoms with van der Waals surface area (Å²) >= 11 is 0. The smallest absolute Gasteiger partial charge is 0.00392 e. The summed E-state index contributed by atoms with van der Waals surface area (Å²) in [5, 5.41) is 0. The summed E-state index contributed by atoms with van der Waals surface area (Å²) in [7, 11) is 0. The highest BCUT2D eigenvalue weighted by Gasteiger charge is 2.02. The minimum atomic E-state index is 0.